The molecule has 4 amide bonds. The lowest BCUT2D eigenvalue weighted by molar-refractivity contribution is -0.136. The second-order valence-electron chi connectivity index (χ2n) is 7.76. The summed E-state index contributed by atoms with van der Waals surface area (Å²) in [4.78, 5) is 53.5. The highest BCUT2D eigenvalue weighted by Crippen LogP contribution is 2.29. The van der Waals surface area contributed by atoms with Gasteiger partial charge in [0.2, 0.25) is 11.8 Å². The van der Waals surface area contributed by atoms with Gasteiger partial charge < -0.3 is 10.6 Å². The quantitative estimate of drug-likeness (QED) is 0.421. The van der Waals surface area contributed by atoms with Crippen LogP contribution >= 0.6 is 0 Å². The largest absolute Gasteiger partial charge is 0.364 e. The number of primary amides is 1. The Morgan fingerprint density at radius 1 is 1.22 bits per heavy atom. The van der Waals surface area contributed by atoms with Crippen LogP contribution in [0.2, 0.25) is 0 Å². The molecule has 32 heavy (non-hydrogen) atoms. The summed E-state index contributed by atoms with van der Waals surface area (Å²) in [5, 5.41) is 2.31. The number of unbranched alkanes of at least 4 members (excludes halogenated alkanes) is 1. The standard InChI is InChI=1S/C24H22N4O4/c25-22(30)21-16(9-5-13-26-21)7-3-1-2-6-15-8-4-10-17-18(15)14-28(24(17)32)19-11-12-20(29)27-23(19)31/h4-5,8-10,13,19H,1,3,7,11-12,14H2,(H2,25,30)(H,27,29,31). The van der Waals surface area contributed by atoms with Gasteiger partial charge in [0.05, 0.1) is 0 Å². The fourth-order valence-corrected chi connectivity index (χ4v) is 4.09. The smallest absolute Gasteiger partial charge is 0.267 e. The number of aromatic nitrogens is 1. The fourth-order valence-electron chi connectivity index (χ4n) is 4.09. The van der Waals surface area contributed by atoms with E-state index in [1.54, 1.807) is 24.4 Å². The Balaban J connectivity index is 1.43. The third kappa shape index (κ3) is 4.23. The number of hydrogen-bond acceptors (Lipinski definition) is 5. The van der Waals surface area contributed by atoms with Gasteiger partial charge in [0.25, 0.3) is 11.8 Å². The zero-order valence-electron chi connectivity index (χ0n) is 17.4. The molecule has 3 N–H and O–H groups in total. The summed E-state index contributed by atoms with van der Waals surface area (Å²) in [6.45, 7) is 0.295. The summed E-state index contributed by atoms with van der Waals surface area (Å²) in [5.41, 5.74) is 8.55. The number of piperidine rings is 1. The molecule has 1 unspecified atom stereocenters. The lowest BCUT2D eigenvalue weighted by atomic mass is 10.0. The topological polar surface area (TPSA) is 122 Å². The number of nitrogens with one attached hydrogen (secondary N) is 1. The van der Waals surface area contributed by atoms with Crippen LogP contribution in [-0.4, -0.2) is 39.6 Å². The first-order chi connectivity index (χ1) is 15.5. The van der Waals surface area contributed by atoms with Crippen molar-refractivity contribution in [3.8, 4) is 11.8 Å². The number of rotatable bonds is 5. The number of pyridine rings is 1. The molecule has 1 atom stereocenters. The van der Waals surface area contributed by atoms with Crippen molar-refractivity contribution >= 4 is 23.6 Å². The summed E-state index contributed by atoms with van der Waals surface area (Å²) < 4.78 is 0. The highest BCUT2D eigenvalue weighted by Gasteiger charge is 2.39. The average Bonchev–Trinajstić information content (AvgIpc) is 3.11. The number of aryl methyl sites for hydroxylation is 1. The van der Waals surface area contributed by atoms with Crippen LogP contribution in [0.1, 0.15) is 63.2 Å². The Hall–Kier alpha value is -3.99. The van der Waals surface area contributed by atoms with Crippen molar-refractivity contribution in [3.05, 3.63) is 64.5 Å². The van der Waals surface area contributed by atoms with E-state index >= 15 is 0 Å². The number of nitrogens with two attached hydrogens (primary N) is 1. The number of imide groups is 1. The molecular formula is C24H22N4O4. The molecule has 0 bridgehead atoms. The summed E-state index contributed by atoms with van der Waals surface area (Å²) in [6.07, 6.45) is 4.05. The molecular weight excluding hydrogens is 408 g/mol. The van der Waals surface area contributed by atoms with Crippen molar-refractivity contribution in [2.45, 2.75) is 44.7 Å². The zero-order chi connectivity index (χ0) is 22.7. The van der Waals surface area contributed by atoms with Crippen molar-refractivity contribution in [3.63, 3.8) is 0 Å². The Bertz CT molecular complexity index is 1180. The number of carbonyl (C=O) groups is 4. The number of benzene rings is 1. The van der Waals surface area contributed by atoms with E-state index in [1.807, 2.05) is 12.1 Å². The van der Waals surface area contributed by atoms with Crippen LogP contribution in [0.25, 0.3) is 0 Å². The molecule has 8 heteroatoms. The van der Waals surface area contributed by atoms with E-state index in [1.165, 1.54) is 4.90 Å². The summed E-state index contributed by atoms with van der Waals surface area (Å²) in [5.74, 6) is 4.78. The Labute approximate surface area is 185 Å². The number of carbonyl (C=O) groups excluding carboxylic acids is 4. The van der Waals surface area contributed by atoms with Crippen LogP contribution in [0.5, 0.6) is 0 Å². The first-order valence-electron chi connectivity index (χ1n) is 10.4. The van der Waals surface area contributed by atoms with Crippen LogP contribution in [0, 0.1) is 11.8 Å². The zero-order valence-corrected chi connectivity index (χ0v) is 17.4. The van der Waals surface area contributed by atoms with Gasteiger partial charge in [0, 0.05) is 36.7 Å². The predicted octanol–water partition coefficient (Wildman–Crippen LogP) is 1.32. The second kappa shape index (κ2) is 9.02. The lowest BCUT2D eigenvalue weighted by Crippen LogP contribution is -2.52. The molecule has 0 radical (unpaired) electrons. The van der Waals surface area contributed by atoms with Gasteiger partial charge in [-0.15, -0.1) is 0 Å². The Morgan fingerprint density at radius 2 is 2.06 bits per heavy atom. The maximum atomic E-state index is 12.9. The monoisotopic (exact) mass is 430 g/mol. The highest BCUT2D eigenvalue weighted by atomic mass is 16.2. The molecule has 1 aromatic heterocycles. The normalized spacial score (nSPS) is 17.4. The first-order valence-corrected chi connectivity index (χ1v) is 10.4. The fraction of sp³-hybridized carbons (Fsp3) is 0.292. The van der Waals surface area contributed by atoms with E-state index in [0.717, 1.165) is 23.1 Å². The number of amides is 4. The molecule has 2 aliphatic rings. The van der Waals surface area contributed by atoms with E-state index in [4.69, 9.17) is 5.73 Å². The number of fused-ring (bicyclic) bond motifs is 1. The average molecular weight is 430 g/mol. The summed E-state index contributed by atoms with van der Waals surface area (Å²) in [6, 6.07) is 8.34. The van der Waals surface area contributed by atoms with Crippen molar-refractivity contribution in [1.82, 2.24) is 15.2 Å². The van der Waals surface area contributed by atoms with Gasteiger partial charge in [-0.1, -0.05) is 24.0 Å². The van der Waals surface area contributed by atoms with E-state index in [0.29, 0.717) is 31.4 Å². The molecule has 2 aliphatic heterocycles. The van der Waals surface area contributed by atoms with Crippen LogP contribution in [0.4, 0.5) is 0 Å². The summed E-state index contributed by atoms with van der Waals surface area (Å²) in [7, 11) is 0. The predicted molar refractivity (Wildman–Crippen MR) is 115 cm³/mol. The molecule has 2 aromatic rings. The van der Waals surface area contributed by atoms with Crippen molar-refractivity contribution in [2.24, 2.45) is 5.73 Å². The minimum Gasteiger partial charge on any atom is -0.364 e. The maximum absolute atomic E-state index is 12.9. The third-order valence-corrected chi connectivity index (χ3v) is 5.68. The van der Waals surface area contributed by atoms with Crippen LogP contribution in [-0.2, 0) is 22.6 Å². The molecule has 1 fully saturated rings. The Morgan fingerprint density at radius 3 is 2.84 bits per heavy atom. The highest BCUT2D eigenvalue weighted by molar-refractivity contribution is 6.05. The molecule has 4 rings (SSSR count). The van der Waals surface area contributed by atoms with Crippen molar-refractivity contribution < 1.29 is 19.2 Å². The van der Waals surface area contributed by atoms with Gasteiger partial charge in [-0.25, -0.2) is 0 Å². The van der Waals surface area contributed by atoms with Gasteiger partial charge >= 0.3 is 0 Å². The number of nitrogens with zero attached hydrogens (tertiary/aromatic N) is 2. The van der Waals surface area contributed by atoms with Gasteiger partial charge in [-0.2, -0.15) is 0 Å². The maximum Gasteiger partial charge on any atom is 0.267 e. The van der Waals surface area contributed by atoms with Gasteiger partial charge in [-0.05, 0) is 48.6 Å². The molecule has 1 saturated heterocycles. The van der Waals surface area contributed by atoms with Crippen molar-refractivity contribution in [2.75, 3.05) is 0 Å². The van der Waals surface area contributed by atoms with Crippen LogP contribution in [0.15, 0.2) is 36.5 Å². The van der Waals surface area contributed by atoms with Gasteiger partial charge in [0.15, 0.2) is 0 Å². The van der Waals surface area contributed by atoms with E-state index in [-0.39, 0.29) is 23.9 Å². The van der Waals surface area contributed by atoms with Gasteiger partial charge in [-0.3, -0.25) is 29.5 Å². The number of hydrogen-bond donors (Lipinski definition) is 2. The minimum absolute atomic E-state index is 0.214. The molecule has 162 valence electrons. The molecule has 1 aromatic carbocycles. The SMILES string of the molecule is NC(=O)c1ncccc1CCCC#Cc1cccc2c1CN(C1CCC(=O)NC1=O)C2=O. The molecule has 8 nitrogen and oxygen atoms in total. The van der Waals surface area contributed by atoms with E-state index in [2.05, 4.69) is 22.1 Å². The lowest BCUT2D eigenvalue weighted by Gasteiger charge is -2.29. The molecule has 0 aliphatic carbocycles. The van der Waals surface area contributed by atoms with Crippen LogP contribution in [0.3, 0.4) is 0 Å². The molecule has 0 spiro atoms. The van der Waals surface area contributed by atoms with Crippen LogP contribution < -0.4 is 11.1 Å². The molecule has 3 heterocycles. The second-order valence-corrected chi connectivity index (χ2v) is 7.76. The molecule has 0 saturated carbocycles. The van der Waals surface area contributed by atoms with E-state index < -0.39 is 17.9 Å². The van der Waals surface area contributed by atoms with Crippen molar-refractivity contribution in [1.29, 1.82) is 0 Å². The first kappa shape index (κ1) is 21.2. The minimum atomic E-state index is -0.646. The van der Waals surface area contributed by atoms with Gasteiger partial charge in [0.1, 0.15) is 11.7 Å². The van der Waals surface area contributed by atoms with E-state index in [9.17, 15) is 19.2 Å². The summed E-state index contributed by atoms with van der Waals surface area (Å²) >= 11 is 0. The third-order valence-electron chi connectivity index (χ3n) is 5.68. The Kier molecular flexibility index (Phi) is 5.99.